The molecule has 0 bridgehead atoms. The van der Waals surface area contributed by atoms with Crippen molar-refractivity contribution in [1.82, 2.24) is 4.90 Å². The fourth-order valence-electron chi connectivity index (χ4n) is 4.60. The van der Waals surface area contributed by atoms with Gasteiger partial charge in [-0.25, -0.2) is 4.39 Å². The summed E-state index contributed by atoms with van der Waals surface area (Å²) in [5, 5.41) is 0. The first kappa shape index (κ1) is 20.3. The molecular formula is C26H27FN2O. The van der Waals surface area contributed by atoms with E-state index >= 15 is 0 Å². The minimum atomic E-state index is -0.277. The van der Waals surface area contributed by atoms with Crippen LogP contribution in [0.2, 0.25) is 0 Å². The van der Waals surface area contributed by atoms with Crippen molar-refractivity contribution in [2.75, 3.05) is 6.54 Å². The number of hydrogen-bond acceptors (Lipinski definition) is 2. The van der Waals surface area contributed by atoms with Gasteiger partial charge in [0, 0.05) is 6.54 Å². The average Bonchev–Trinajstić information content (AvgIpc) is 2.79. The largest absolute Gasteiger partial charge is 0.330 e. The molecule has 0 aliphatic heterocycles. The van der Waals surface area contributed by atoms with Gasteiger partial charge in [-0.15, -0.1) is 0 Å². The Hall–Kier alpha value is -2.98. The second-order valence-corrected chi connectivity index (χ2v) is 7.98. The lowest BCUT2D eigenvalue weighted by Gasteiger charge is -2.41. The van der Waals surface area contributed by atoms with Gasteiger partial charge in [0.25, 0.3) is 0 Å². The standard InChI is InChI=1S/C26H27FN2O/c27-23-14-10-20(11-15-23)18-29(25(30)17-28)26-22(16-19-6-2-1-3-7-19)13-12-21-8-4-5-9-24(21)26/h1-11,14-15,22,26H,12-13,16-18,28H2/t22-,26-/m0/s1. The zero-order valence-electron chi connectivity index (χ0n) is 17.0. The predicted molar refractivity (Wildman–Crippen MR) is 117 cm³/mol. The normalized spacial score (nSPS) is 17.9. The molecular weight excluding hydrogens is 375 g/mol. The van der Waals surface area contributed by atoms with Crippen molar-refractivity contribution in [3.8, 4) is 0 Å². The number of rotatable bonds is 6. The summed E-state index contributed by atoms with van der Waals surface area (Å²) in [5.41, 5.74) is 10.5. The molecule has 0 unspecified atom stereocenters. The van der Waals surface area contributed by atoms with Gasteiger partial charge in [0.2, 0.25) is 5.91 Å². The first-order chi connectivity index (χ1) is 14.7. The first-order valence-electron chi connectivity index (χ1n) is 10.5. The predicted octanol–water partition coefficient (Wildman–Crippen LogP) is 4.66. The SMILES string of the molecule is NCC(=O)N(Cc1ccc(F)cc1)[C@@H]1c2ccccc2CC[C@H]1Cc1ccccc1. The van der Waals surface area contributed by atoms with Gasteiger partial charge >= 0.3 is 0 Å². The first-order valence-corrected chi connectivity index (χ1v) is 10.5. The average molecular weight is 403 g/mol. The number of nitrogens with two attached hydrogens (primary N) is 1. The molecule has 2 atom stereocenters. The lowest BCUT2D eigenvalue weighted by molar-refractivity contribution is -0.134. The van der Waals surface area contributed by atoms with Gasteiger partial charge < -0.3 is 10.6 Å². The molecule has 0 fully saturated rings. The summed E-state index contributed by atoms with van der Waals surface area (Å²) in [6, 6.07) is 25.1. The highest BCUT2D eigenvalue weighted by Crippen LogP contribution is 2.41. The Labute approximate surface area is 177 Å². The molecule has 0 saturated heterocycles. The van der Waals surface area contributed by atoms with E-state index in [0.29, 0.717) is 12.5 Å². The van der Waals surface area contributed by atoms with Crippen LogP contribution in [-0.2, 0) is 24.2 Å². The summed E-state index contributed by atoms with van der Waals surface area (Å²) in [7, 11) is 0. The number of fused-ring (bicyclic) bond motifs is 1. The lowest BCUT2D eigenvalue weighted by Crippen LogP contribution is -2.43. The van der Waals surface area contributed by atoms with E-state index in [1.165, 1.54) is 28.8 Å². The van der Waals surface area contributed by atoms with Crippen molar-refractivity contribution in [3.63, 3.8) is 0 Å². The number of benzene rings is 3. The number of hydrogen-bond donors (Lipinski definition) is 1. The van der Waals surface area contributed by atoms with Gasteiger partial charge in [-0.2, -0.15) is 0 Å². The van der Waals surface area contributed by atoms with E-state index < -0.39 is 0 Å². The Kier molecular flexibility index (Phi) is 6.24. The molecule has 0 saturated carbocycles. The summed E-state index contributed by atoms with van der Waals surface area (Å²) >= 11 is 0. The summed E-state index contributed by atoms with van der Waals surface area (Å²) in [5.74, 6) is -0.0715. The minimum Gasteiger partial charge on any atom is -0.330 e. The number of amides is 1. The fraction of sp³-hybridized carbons (Fsp3) is 0.269. The Morgan fingerprint density at radius 1 is 0.933 bits per heavy atom. The molecule has 0 radical (unpaired) electrons. The van der Waals surface area contributed by atoms with Crippen LogP contribution in [0.4, 0.5) is 4.39 Å². The van der Waals surface area contributed by atoms with Crippen LogP contribution < -0.4 is 5.73 Å². The molecule has 1 aliphatic rings. The number of halogens is 1. The van der Waals surface area contributed by atoms with Crippen LogP contribution in [0.15, 0.2) is 78.9 Å². The van der Waals surface area contributed by atoms with E-state index in [4.69, 9.17) is 5.73 Å². The van der Waals surface area contributed by atoms with Gasteiger partial charge in [-0.3, -0.25) is 4.79 Å². The van der Waals surface area contributed by atoms with E-state index in [2.05, 4.69) is 42.5 Å². The summed E-state index contributed by atoms with van der Waals surface area (Å²) in [4.78, 5) is 14.9. The molecule has 2 N–H and O–H groups in total. The fourth-order valence-corrected chi connectivity index (χ4v) is 4.60. The third-order valence-corrected chi connectivity index (χ3v) is 6.04. The van der Waals surface area contributed by atoms with E-state index in [9.17, 15) is 9.18 Å². The van der Waals surface area contributed by atoms with Gasteiger partial charge in [-0.1, -0.05) is 66.7 Å². The Morgan fingerprint density at radius 2 is 1.63 bits per heavy atom. The van der Waals surface area contributed by atoms with Crippen LogP contribution in [0.25, 0.3) is 0 Å². The molecule has 1 amide bonds. The molecule has 0 aromatic heterocycles. The monoisotopic (exact) mass is 402 g/mol. The second kappa shape index (κ2) is 9.23. The summed E-state index contributed by atoms with van der Waals surface area (Å²) in [6.45, 7) is 0.374. The van der Waals surface area contributed by atoms with Gasteiger partial charge in [-0.05, 0) is 59.6 Å². The Morgan fingerprint density at radius 3 is 2.37 bits per heavy atom. The van der Waals surface area contributed by atoms with Crippen LogP contribution in [-0.4, -0.2) is 17.4 Å². The van der Waals surface area contributed by atoms with Crippen molar-refractivity contribution in [3.05, 3.63) is 107 Å². The molecule has 4 rings (SSSR count). The number of carbonyl (C=O) groups is 1. The molecule has 1 aliphatic carbocycles. The van der Waals surface area contributed by atoms with Crippen molar-refractivity contribution in [2.45, 2.75) is 31.8 Å². The van der Waals surface area contributed by atoms with Gasteiger partial charge in [0.1, 0.15) is 5.82 Å². The van der Waals surface area contributed by atoms with Crippen molar-refractivity contribution < 1.29 is 9.18 Å². The van der Waals surface area contributed by atoms with E-state index in [-0.39, 0.29) is 24.3 Å². The molecule has 154 valence electrons. The topological polar surface area (TPSA) is 46.3 Å². The zero-order valence-corrected chi connectivity index (χ0v) is 17.0. The molecule has 30 heavy (non-hydrogen) atoms. The second-order valence-electron chi connectivity index (χ2n) is 7.98. The lowest BCUT2D eigenvalue weighted by atomic mass is 9.76. The minimum absolute atomic E-state index is 0.0437. The molecule has 0 spiro atoms. The maximum Gasteiger partial charge on any atom is 0.237 e. The van der Waals surface area contributed by atoms with E-state index in [1.54, 1.807) is 12.1 Å². The van der Waals surface area contributed by atoms with Crippen molar-refractivity contribution >= 4 is 5.91 Å². The Bertz CT molecular complexity index is 987. The van der Waals surface area contributed by atoms with E-state index in [0.717, 1.165) is 24.8 Å². The molecule has 3 aromatic rings. The van der Waals surface area contributed by atoms with E-state index in [1.807, 2.05) is 17.0 Å². The van der Waals surface area contributed by atoms with Crippen molar-refractivity contribution in [1.29, 1.82) is 0 Å². The third kappa shape index (κ3) is 4.44. The molecule has 3 aromatic carbocycles. The van der Waals surface area contributed by atoms with Gasteiger partial charge in [0.15, 0.2) is 0 Å². The quantitative estimate of drug-likeness (QED) is 0.652. The Balaban J connectivity index is 1.72. The van der Waals surface area contributed by atoms with Crippen LogP contribution in [0.3, 0.4) is 0 Å². The van der Waals surface area contributed by atoms with Gasteiger partial charge in [0.05, 0.1) is 12.6 Å². The molecule has 4 heteroatoms. The third-order valence-electron chi connectivity index (χ3n) is 6.04. The highest BCUT2D eigenvalue weighted by atomic mass is 19.1. The van der Waals surface area contributed by atoms with Crippen LogP contribution in [0.5, 0.6) is 0 Å². The molecule has 0 heterocycles. The zero-order chi connectivity index (χ0) is 20.9. The smallest absolute Gasteiger partial charge is 0.237 e. The maximum atomic E-state index is 13.4. The van der Waals surface area contributed by atoms with Crippen molar-refractivity contribution in [2.24, 2.45) is 11.7 Å². The highest BCUT2D eigenvalue weighted by Gasteiger charge is 2.36. The highest BCUT2D eigenvalue weighted by molar-refractivity contribution is 5.78. The molecule has 3 nitrogen and oxygen atoms in total. The maximum absolute atomic E-state index is 13.4. The number of aryl methyl sites for hydroxylation is 1. The summed E-state index contributed by atoms with van der Waals surface area (Å²) in [6.07, 6.45) is 2.91. The van der Waals surface area contributed by atoms with Crippen LogP contribution in [0.1, 0.15) is 34.7 Å². The van der Waals surface area contributed by atoms with Crippen LogP contribution in [0, 0.1) is 11.7 Å². The van der Waals surface area contributed by atoms with Crippen LogP contribution >= 0.6 is 0 Å². The summed E-state index contributed by atoms with van der Waals surface area (Å²) < 4.78 is 13.4. The number of carbonyl (C=O) groups excluding carboxylic acids is 1. The number of nitrogens with zero attached hydrogens (tertiary/aromatic N) is 1.